The maximum atomic E-state index is 13.1. The van der Waals surface area contributed by atoms with E-state index in [0.717, 1.165) is 120 Å². The van der Waals surface area contributed by atoms with Crippen molar-refractivity contribution in [2.24, 2.45) is 23.7 Å². The van der Waals surface area contributed by atoms with Gasteiger partial charge in [-0.15, -0.1) is 0 Å². The van der Waals surface area contributed by atoms with Gasteiger partial charge in [0.05, 0.1) is 26.4 Å². The van der Waals surface area contributed by atoms with Crippen LogP contribution in [0.3, 0.4) is 0 Å². The van der Waals surface area contributed by atoms with Crippen molar-refractivity contribution in [1.29, 1.82) is 0 Å². The van der Waals surface area contributed by atoms with Crippen LogP contribution < -0.4 is 0 Å². The molecule has 19 heteroatoms. The van der Waals surface area contributed by atoms with Gasteiger partial charge >= 0.3 is 39.5 Å². The van der Waals surface area contributed by atoms with Gasteiger partial charge in [-0.25, -0.2) is 9.13 Å². The Bertz CT molecular complexity index is 1970. The van der Waals surface area contributed by atoms with Crippen molar-refractivity contribution in [3.8, 4) is 0 Å². The molecule has 0 aromatic heterocycles. The second-order valence-electron chi connectivity index (χ2n) is 31.2. The molecular weight excluding hydrogens is 1320 g/mol. The normalized spacial score (nSPS) is 14.3. The lowest BCUT2D eigenvalue weighted by atomic mass is 10.00. The minimum Gasteiger partial charge on any atom is -0.462 e. The Morgan fingerprint density at radius 3 is 0.703 bits per heavy atom. The van der Waals surface area contributed by atoms with Gasteiger partial charge in [0.15, 0.2) is 12.2 Å². The molecule has 0 saturated heterocycles. The molecule has 0 spiro atoms. The van der Waals surface area contributed by atoms with Gasteiger partial charge in [0.1, 0.15) is 19.3 Å². The molecule has 0 aliphatic carbocycles. The Kier molecular flexibility index (Phi) is 69.6. The number of esters is 4. The van der Waals surface area contributed by atoms with Crippen LogP contribution in [0.25, 0.3) is 0 Å². The number of phosphoric acid groups is 2. The van der Waals surface area contributed by atoms with E-state index in [1.165, 1.54) is 218 Å². The maximum Gasteiger partial charge on any atom is 0.472 e. The van der Waals surface area contributed by atoms with Crippen molar-refractivity contribution >= 4 is 39.5 Å². The molecule has 17 nitrogen and oxygen atoms in total. The molecule has 0 amide bonds. The predicted molar refractivity (Wildman–Crippen MR) is 414 cm³/mol. The number of rotatable bonds is 79. The summed E-state index contributed by atoms with van der Waals surface area (Å²) in [5.74, 6) is 1.01. The van der Waals surface area contributed by atoms with Gasteiger partial charge in [0, 0.05) is 25.7 Å². The summed E-state index contributed by atoms with van der Waals surface area (Å²) in [6, 6.07) is 0. The average Bonchev–Trinajstić information content (AvgIpc) is 0.962. The molecule has 0 bridgehead atoms. The number of aliphatic hydroxyl groups excluding tert-OH is 1. The Morgan fingerprint density at radius 2 is 0.475 bits per heavy atom. The van der Waals surface area contributed by atoms with Crippen molar-refractivity contribution in [2.45, 2.75) is 440 Å². The molecule has 0 aliphatic rings. The second-order valence-corrected chi connectivity index (χ2v) is 34.1. The lowest BCUT2D eigenvalue weighted by molar-refractivity contribution is -0.161. The van der Waals surface area contributed by atoms with Crippen molar-refractivity contribution in [3.05, 3.63) is 0 Å². The highest BCUT2D eigenvalue weighted by Gasteiger charge is 2.30. The zero-order chi connectivity index (χ0) is 74.6. The third-order valence-electron chi connectivity index (χ3n) is 19.4. The van der Waals surface area contributed by atoms with E-state index >= 15 is 0 Å². The molecule has 3 N–H and O–H groups in total. The number of ether oxygens (including phenoxy) is 4. The fraction of sp³-hybridized carbons (Fsp3) is 0.951. The fourth-order valence-corrected chi connectivity index (χ4v) is 14.2. The van der Waals surface area contributed by atoms with E-state index < -0.39 is 97.5 Å². The highest BCUT2D eigenvalue weighted by Crippen LogP contribution is 2.45. The van der Waals surface area contributed by atoms with Crippen molar-refractivity contribution in [1.82, 2.24) is 0 Å². The lowest BCUT2D eigenvalue weighted by Gasteiger charge is -2.21. The van der Waals surface area contributed by atoms with Gasteiger partial charge in [-0.1, -0.05) is 370 Å². The third-order valence-corrected chi connectivity index (χ3v) is 21.3. The van der Waals surface area contributed by atoms with Gasteiger partial charge in [-0.05, 0) is 49.4 Å². The first kappa shape index (κ1) is 99.1. The van der Waals surface area contributed by atoms with Gasteiger partial charge in [-0.2, -0.15) is 0 Å². The van der Waals surface area contributed by atoms with E-state index in [1.54, 1.807) is 0 Å². The van der Waals surface area contributed by atoms with Crippen LogP contribution in [-0.2, 0) is 65.4 Å². The summed E-state index contributed by atoms with van der Waals surface area (Å²) in [5.41, 5.74) is 0. The molecule has 3 unspecified atom stereocenters. The highest BCUT2D eigenvalue weighted by molar-refractivity contribution is 7.47. The van der Waals surface area contributed by atoms with Crippen LogP contribution in [0.15, 0.2) is 0 Å². The largest absolute Gasteiger partial charge is 0.472 e. The van der Waals surface area contributed by atoms with E-state index in [-0.39, 0.29) is 25.7 Å². The number of aliphatic hydroxyl groups is 1. The first-order valence-electron chi connectivity index (χ1n) is 42.2. The minimum absolute atomic E-state index is 0.107. The van der Waals surface area contributed by atoms with E-state index in [2.05, 4.69) is 55.4 Å². The molecule has 6 atom stereocenters. The van der Waals surface area contributed by atoms with E-state index in [0.29, 0.717) is 25.7 Å². The Labute approximate surface area is 619 Å². The van der Waals surface area contributed by atoms with Crippen LogP contribution in [0.5, 0.6) is 0 Å². The molecule has 0 saturated carbocycles. The molecular formula is C82H160O17P2. The first-order valence-corrected chi connectivity index (χ1v) is 45.2. The van der Waals surface area contributed by atoms with Gasteiger partial charge in [0.25, 0.3) is 0 Å². The first-order chi connectivity index (χ1) is 48.6. The lowest BCUT2D eigenvalue weighted by Crippen LogP contribution is -2.30. The van der Waals surface area contributed by atoms with Gasteiger partial charge in [0.2, 0.25) is 0 Å². The highest BCUT2D eigenvalue weighted by atomic mass is 31.2. The van der Waals surface area contributed by atoms with Crippen LogP contribution in [-0.4, -0.2) is 96.7 Å². The number of unbranched alkanes of at least 4 members (excludes halogenated alkanes) is 44. The zero-order valence-electron chi connectivity index (χ0n) is 66.5. The summed E-state index contributed by atoms with van der Waals surface area (Å²) >= 11 is 0. The quantitative estimate of drug-likeness (QED) is 0.0222. The molecule has 0 radical (unpaired) electrons. The summed E-state index contributed by atoms with van der Waals surface area (Å²) < 4.78 is 68.8. The van der Waals surface area contributed by atoms with E-state index in [1.807, 2.05) is 0 Å². The van der Waals surface area contributed by atoms with Crippen LogP contribution in [0.4, 0.5) is 0 Å². The molecule has 0 aliphatic heterocycles. The zero-order valence-corrected chi connectivity index (χ0v) is 68.3. The van der Waals surface area contributed by atoms with Crippen molar-refractivity contribution in [3.63, 3.8) is 0 Å². The summed E-state index contributed by atoms with van der Waals surface area (Å²) in [4.78, 5) is 73.1. The fourth-order valence-electron chi connectivity index (χ4n) is 12.6. The molecule has 101 heavy (non-hydrogen) atoms. The summed E-state index contributed by atoms with van der Waals surface area (Å²) in [5, 5.41) is 10.7. The van der Waals surface area contributed by atoms with Crippen LogP contribution >= 0.6 is 15.6 Å². The smallest absolute Gasteiger partial charge is 0.462 e. The summed E-state index contributed by atoms with van der Waals surface area (Å²) in [6.45, 7) is 14.3. The number of hydrogen-bond acceptors (Lipinski definition) is 15. The summed E-state index contributed by atoms with van der Waals surface area (Å²) in [6.07, 6.45) is 58.3. The minimum atomic E-state index is -4.96. The molecule has 0 rings (SSSR count). The van der Waals surface area contributed by atoms with Gasteiger partial charge < -0.3 is 33.8 Å². The molecule has 0 aromatic carbocycles. The number of phosphoric ester groups is 2. The standard InChI is InChI=1S/C82H160O17P2/c1-9-75(8)61-53-45-40-41-47-55-63-80(85)93-69-78(99-82(87)65-56-48-38-32-26-19-12-10-11-16-22-28-34-42-50-58-72(2)3)71-97-101(90,91)95-67-76(83)66-94-100(88,89)96-70-77(68-92-79(84)62-54-46-37-31-25-21-15-18-24-30-36-44-52-60-74(6)7)98-81(86)64-57-49-39-33-27-20-14-13-17-23-29-35-43-51-59-73(4)5/h72-78,83H,9-71H2,1-8H3,(H,88,89)(H,90,91)/t75?,76-,77-,78-/m1/s1. The molecule has 0 aromatic rings. The predicted octanol–water partition coefficient (Wildman–Crippen LogP) is 24.4. The maximum absolute atomic E-state index is 13.1. The number of hydrogen-bond donors (Lipinski definition) is 3. The van der Waals surface area contributed by atoms with Crippen LogP contribution in [0.2, 0.25) is 0 Å². The summed E-state index contributed by atoms with van der Waals surface area (Å²) in [7, 11) is -9.92. The molecule has 600 valence electrons. The van der Waals surface area contributed by atoms with Crippen molar-refractivity contribution < 1.29 is 80.2 Å². The topological polar surface area (TPSA) is 237 Å². The number of carbonyl (C=O) groups excluding carboxylic acids is 4. The van der Waals surface area contributed by atoms with Crippen LogP contribution in [0.1, 0.15) is 421 Å². The monoisotopic (exact) mass is 1480 g/mol. The Morgan fingerprint density at radius 1 is 0.277 bits per heavy atom. The number of carbonyl (C=O) groups is 4. The second kappa shape index (κ2) is 71.0. The Balaban J connectivity index is 5.25. The van der Waals surface area contributed by atoms with E-state index in [9.17, 15) is 43.2 Å². The average molecular weight is 1480 g/mol. The SMILES string of the molecule is CCC(C)CCCCCCCCC(=O)OC[C@H](COP(=O)(O)OC[C@H](O)COP(=O)(O)OC[C@@H](COC(=O)CCCCCCCCCCCCCCCC(C)C)OC(=O)CCCCCCCCCCCCCCCCC(C)C)OC(=O)CCCCCCCCCCCCCCCCCC(C)C. The van der Waals surface area contributed by atoms with Gasteiger partial charge in [-0.3, -0.25) is 37.3 Å². The third kappa shape index (κ3) is 74.7. The molecule has 0 fully saturated rings. The van der Waals surface area contributed by atoms with Crippen LogP contribution in [0, 0.1) is 23.7 Å². The Hall–Kier alpha value is -1.94. The van der Waals surface area contributed by atoms with Crippen molar-refractivity contribution in [2.75, 3.05) is 39.6 Å². The van der Waals surface area contributed by atoms with E-state index in [4.69, 9.17) is 37.0 Å². The molecule has 0 heterocycles.